The fourth-order valence-electron chi connectivity index (χ4n) is 1.16. The number of hydrogen-bond acceptors (Lipinski definition) is 3. The van der Waals surface area contributed by atoms with Crippen LogP contribution in [0.15, 0.2) is 39.3 Å². The summed E-state index contributed by atoms with van der Waals surface area (Å²) < 4.78 is 25.3. The molecular weight excluding hydrogens is 402 g/mol. The summed E-state index contributed by atoms with van der Waals surface area (Å²) in [6.45, 7) is 0. The average Bonchev–Trinajstić information content (AvgIpc) is 2.39. The fourth-order valence-corrected chi connectivity index (χ4v) is 1.96. The van der Waals surface area contributed by atoms with Crippen molar-refractivity contribution in [3.05, 3.63) is 56.5 Å². The molecule has 0 bridgehead atoms. The molecule has 0 amide bonds. The summed E-state index contributed by atoms with van der Waals surface area (Å²) >= 11 is 5.84. The van der Waals surface area contributed by atoms with Crippen LogP contribution in [0.25, 0.3) is 0 Å². The SMILES string of the molecule is O=Cc1cc(F)cc(Br)c1O.Oc1ccc(F)cc1Br. The van der Waals surface area contributed by atoms with Gasteiger partial charge in [-0.1, -0.05) is 0 Å². The van der Waals surface area contributed by atoms with Gasteiger partial charge in [0.2, 0.25) is 0 Å². The first-order valence-electron chi connectivity index (χ1n) is 5.12. The van der Waals surface area contributed by atoms with Gasteiger partial charge in [0.05, 0.1) is 14.5 Å². The van der Waals surface area contributed by atoms with Crippen LogP contribution in [0.1, 0.15) is 10.4 Å². The van der Waals surface area contributed by atoms with Crippen LogP contribution in [0.2, 0.25) is 0 Å². The Morgan fingerprint density at radius 1 is 0.950 bits per heavy atom. The fraction of sp³-hybridized carbons (Fsp3) is 0. The van der Waals surface area contributed by atoms with Gasteiger partial charge in [-0.05, 0) is 62.2 Å². The van der Waals surface area contributed by atoms with Crippen LogP contribution in [-0.2, 0) is 0 Å². The Morgan fingerprint density at radius 3 is 2.05 bits per heavy atom. The molecule has 20 heavy (non-hydrogen) atoms. The van der Waals surface area contributed by atoms with Gasteiger partial charge in [-0.2, -0.15) is 0 Å². The molecule has 0 aromatic heterocycles. The number of aldehydes is 1. The topological polar surface area (TPSA) is 57.5 Å². The predicted octanol–water partition coefficient (Wildman–Crippen LogP) is 4.40. The minimum Gasteiger partial charge on any atom is -0.507 e. The van der Waals surface area contributed by atoms with E-state index >= 15 is 0 Å². The monoisotopic (exact) mass is 408 g/mol. The van der Waals surface area contributed by atoms with Crippen molar-refractivity contribution in [3.63, 3.8) is 0 Å². The lowest BCUT2D eigenvalue weighted by Gasteiger charge is -1.98. The smallest absolute Gasteiger partial charge is 0.153 e. The molecule has 2 N–H and O–H groups in total. The summed E-state index contributed by atoms with van der Waals surface area (Å²) in [5.41, 5.74) is -0.0584. The maximum absolute atomic E-state index is 12.5. The third-order valence-electron chi connectivity index (χ3n) is 2.09. The molecule has 7 heteroatoms. The lowest BCUT2D eigenvalue weighted by Crippen LogP contribution is -1.84. The number of phenolic OH excluding ortho intramolecular Hbond substituents is 2. The molecule has 2 aromatic rings. The van der Waals surface area contributed by atoms with Gasteiger partial charge in [0, 0.05) is 0 Å². The zero-order valence-electron chi connectivity index (χ0n) is 9.78. The molecule has 0 fully saturated rings. The van der Waals surface area contributed by atoms with Crippen LogP contribution in [-0.4, -0.2) is 16.5 Å². The Labute approximate surface area is 130 Å². The van der Waals surface area contributed by atoms with Gasteiger partial charge in [-0.25, -0.2) is 8.78 Å². The van der Waals surface area contributed by atoms with Gasteiger partial charge in [0.25, 0.3) is 0 Å². The second kappa shape index (κ2) is 7.35. The van der Waals surface area contributed by atoms with E-state index in [1.165, 1.54) is 18.2 Å². The molecule has 0 heterocycles. The largest absolute Gasteiger partial charge is 0.507 e. The van der Waals surface area contributed by atoms with E-state index in [1.54, 1.807) is 0 Å². The Morgan fingerprint density at radius 2 is 1.55 bits per heavy atom. The molecule has 106 valence electrons. The highest BCUT2D eigenvalue weighted by Crippen LogP contribution is 2.27. The maximum atomic E-state index is 12.5. The van der Waals surface area contributed by atoms with Crippen molar-refractivity contribution >= 4 is 38.1 Å². The van der Waals surface area contributed by atoms with Gasteiger partial charge < -0.3 is 10.2 Å². The van der Waals surface area contributed by atoms with E-state index in [0.717, 1.165) is 12.1 Å². The number of halogens is 4. The molecule has 0 unspecified atom stereocenters. The van der Waals surface area contributed by atoms with Crippen LogP contribution in [0, 0.1) is 11.6 Å². The molecule has 0 aliphatic heterocycles. The normalized spacial score (nSPS) is 9.60. The summed E-state index contributed by atoms with van der Waals surface area (Å²) in [5.74, 6) is -1.10. The Bertz CT molecular complexity index is 633. The van der Waals surface area contributed by atoms with E-state index in [4.69, 9.17) is 10.2 Å². The van der Waals surface area contributed by atoms with Crippen LogP contribution in [0.3, 0.4) is 0 Å². The van der Waals surface area contributed by atoms with E-state index in [0.29, 0.717) is 10.8 Å². The van der Waals surface area contributed by atoms with E-state index in [2.05, 4.69) is 31.9 Å². The minimum atomic E-state index is -0.559. The first-order chi connectivity index (χ1) is 9.35. The van der Waals surface area contributed by atoms with Gasteiger partial charge in [0.15, 0.2) is 6.29 Å². The number of aromatic hydroxyl groups is 2. The summed E-state index contributed by atoms with van der Waals surface area (Å²) in [6.07, 6.45) is 0.392. The van der Waals surface area contributed by atoms with Crippen molar-refractivity contribution < 1.29 is 23.8 Å². The Hall–Kier alpha value is -1.47. The first kappa shape index (κ1) is 16.6. The van der Waals surface area contributed by atoms with Crippen molar-refractivity contribution in [2.24, 2.45) is 0 Å². The molecule has 0 spiro atoms. The van der Waals surface area contributed by atoms with Crippen molar-refractivity contribution in [1.29, 1.82) is 0 Å². The van der Waals surface area contributed by atoms with E-state index in [1.807, 2.05) is 0 Å². The molecule has 2 aromatic carbocycles. The number of phenols is 2. The molecule has 0 atom stereocenters. The molecule has 0 radical (unpaired) electrons. The third-order valence-corrected chi connectivity index (χ3v) is 3.33. The predicted molar refractivity (Wildman–Crippen MR) is 76.9 cm³/mol. The van der Waals surface area contributed by atoms with Crippen molar-refractivity contribution in [2.75, 3.05) is 0 Å². The van der Waals surface area contributed by atoms with Crippen molar-refractivity contribution in [2.45, 2.75) is 0 Å². The Balaban J connectivity index is 0.000000204. The van der Waals surface area contributed by atoms with Gasteiger partial charge in [0.1, 0.15) is 23.1 Å². The highest BCUT2D eigenvalue weighted by molar-refractivity contribution is 9.10. The van der Waals surface area contributed by atoms with Crippen LogP contribution >= 0.6 is 31.9 Å². The highest BCUT2D eigenvalue weighted by Gasteiger charge is 2.06. The van der Waals surface area contributed by atoms with E-state index in [9.17, 15) is 13.6 Å². The summed E-state index contributed by atoms with van der Waals surface area (Å²) in [4.78, 5) is 10.2. The number of carbonyl (C=O) groups excluding carboxylic acids is 1. The first-order valence-corrected chi connectivity index (χ1v) is 6.71. The summed E-state index contributed by atoms with van der Waals surface area (Å²) in [5, 5.41) is 17.9. The van der Waals surface area contributed by atoms with Crippen LogP contribution in [0.4, 0.5) is 8.78 Å². The molecule has 0 saturated heterocycles. The number of rotatable bonds is 1. The third kappa shape index (κ3) is 4.57. The van der Waals surface area contributed by atoms with Gasteiger partial charge in [-0.15, -0.1) is 0 Å². The van der Waals surface area contributed by atoms with Crippen molar-refractivity contribution in [3.8, 4) is 11.5 Å². The number of benzene rings is 2. The second-order valence-electron chi connectivity index (χ2n) is 3.54. The van der Waals surface area contributed by atoms with Crippen LogP contribution < -0.4 is 0 Å². The standard InChI is InChI=1S/C7H4BrFO2.C6H4BrFO/c8-6-2-5(9)1-4(3-10)7(6)11;7-5-3-4(8)1-2-6(5)9/h1-3,11H;1-3,9H. The number of hydrogen-bond donors (Lipinski definition) is 2. The number of carbonyl (C=O) groups is 1. The molecule has 0 aliphatic rings. The Kier molecular flexibility index (Phi) is 6.09. The lowest BCUT2D eigenvalue weighted by atomic mass is 10.2. The lowest BCUT2D eigenvalue weighted by molar-refractivity contribution is 0.112. The zero-order valence-corrected chi connectivity index (χ0v) is 13.0. The summed E-state index contributed by atoms with van der Waals surface area (Å²) in [6, 6.07) is 5.74. The quantitative estimate of drug-likeness (QED) is 0.686. The average molecular weight is 410 g/mol. The summed E-state index contributed by atoms with van der Waals surface area (Å²) in [7, 11) is 0. The molecule has 2 rings (SSSR count). The van der Waals surface area contributed by atoms with Crippen LogP contribution in [0.5, 0.6) is 11.5 Å². The van der Waals surface area contributed by atoms with Gasteiger partial charge in [-0.3, -0.25) is 4.79 Å². The molecule has 0 aliphatic carbocycles. The highest BCUT2D eigenvalue weighted by atomic mass is 79.9. The molecular formula is C13H8Br2F2O3. The second-order valence-corrected chi connectivity index (χ2v) is 5.25. The molecule has 0 saturated carbocycles. The zero-order chi connectivity index (χ0) is 15.3. The van der Waals surface area contributed by atoms with E-state index in [-0.39, 0.29) is 27.4 Å². The van der Waals surface area contributed by atoms with E-state index < -0.39 is 5.82 Å². The van der Waals surface area contributed by atoms with Crippen molar-refractivity contribution in [1.82, 2.24) is 0 Å². The molecule has 3 nitrogen and oxygen atoms in total. The maximum Gasteiger partial charge on any atom is 0.153 e. The minimum absolute atomic E-state index is 0.0522. The van der Waals surface area contributed by atoms with Gasteiger partial charge >= 0.3 is 0 Å².